The lowest BCUT2D eigenvalue weighted by molar-refractivity contribution is -0.161. The van der Waals surface area contributed by atoms with Gasteiger partial charge in [-0.15, -0.1) is 0 Å². The summed E-state index contributed by atoms with van der Waals surface area (Å²) in [6.07, 6.45) is 59.8. The predicted molar refractivity (Wildman–Crippen MR) is 391 cm³/mol. The van der Waals surface area contributed by atoms with Crippen LogP contribution in [0, 0.1) is 5.92 Å². The van der Waals surface area contributed by atoms with Crippen molar-refractivity contribution < 1.29 is 80.2 Å². The van der Waals surface area contributed by atoms with Crippen molar-refractivity contribution in [1.82, 2.24) is 0 Å². The molecule has 19 heteroatoms. The molecule has 3 N–H and O–H groups in total. The van der Waals surface area contributed by atoms with Crippen LogP contribution in [0.4, 0.5) is 0 Å². The second-order valence-corrected chi connectivity index (χ2v) is 31.1. The Hall–Kier alpha value is -1.94. The minimum absolute atomic E-state index is 0.106. The highest BCUT2D eigenvalue weighted by atomic mass is 31.2. The number of phosphoric ester groups is 2. The Kier molecular flexibility index (Phi) is 68.7. The monoisotopic (exact) mass is 1410 g/mol. The van der Waals surface area contributed by atoms with Crippen LogP contribution in [0.25, 0.3) is 0 Å². The van der Waals surface area contributed by atoms with Gasteiger partial charge in [0.05, 0.1) is 26.4 Å². The van der Waals surface area contributed by atoms with Gasteiger partial charge in [0.1, 0.15) is 19.3 Å². The lowest BCUT2D eigenvalue weighted by Gasteiger charge is -2.21. The third kappa shape index (κ3) is 70.5. The molecule has 0 heterocycles. The summed E-state index contributed by atoms with van der Waals surface area (Å²) in [6.45, 7) is 7.26. The highest BCUT2D eigenvalue weighted by molar-refractivity contribution is 7.47. The quantitative estimate of drug-likeness (QED) is 0.0222. The topological polar surface area (TPSA) is 237 Å². The molecule has 0 fully saturated rings. The molecule has 0 rings (SSSR count). The number of hydrogen-bond acceptors (Lipinski definition) is 15. The van der Waals surface area contributed by atoms with Gasteiger partial charge in [-0.05, 0) is 31.6 Å². The number of rotatable bonds is 77. The van der Waals surface area contributed by atoms with Gasteiger partial charge < -0.3 is 33.8 Å². The molecule has 0 radical (unpaired) electrons. The molecule has 570 valence electrons. The van der Waals surface area contributed by atoms with Crippen LogP contribution in [0.2, 0.25) is 0 Å². The summed E-state index contributed by atoms with van der Waals surface area (Å²) >= 11 is 0. The first-order chi connectivity index (χ1) is 46.5. The predicted octanol–water partition coefficient (Wildman–Crippen LogP) is 22.9. The van der Waals surface area contributed by atoms with Crippen LogP contribution in [0.5, 0.6) is 0 Å². The number of carbonyl (C=O) groups is 4. The number of phosphoric acid groups is 2. The minimum Gasteiger partial charge on any atom is -0.462 e. The Balaban J connectivity index is 5.19. The molecular weight excluding hydrogens is 1260 g/mol. The average molecular weight is 1410 g/mol. The number of carbonyl (C=O) groups excluding carboxylic acids is 4. The highest BCUT2D eigenvalue weighted by Crippen LogP contribution is 2.45. The summed E-state index contributed by atoms with van der Waals surface area (Å²) in [5.41, 5.74) is 0. The fourth-order valence-corrected chi connectivity index (χ4v) is 13.5. The number of aliphatic hydroxyl groups excluding tert-OH is 1. The Morgan fingerprint density at radius 2 is 0.479 bits per heavy atom. The van der Waals surface area contributed by atoms with Crippen LogP contribution in [0.1, 0.15) is 407 Å². The van der Waals surface area contributed by atoms with Crippen molar-refractivity contribution in [3.8, 4) is 0 Å². The van der Waals surface area contributed by atoms with Gasteiger partial charge in [0, 0.05) is 25.7 Å². The van der Waals surface area contributed by atoms with E-state index in [4.69, 9.17) is 37.0 Å². The molecule has 0 aromatic rings. The maximum Gasteiger partial charge on any atom is 0.472 e. The average Bonchev–Trinajstić information content (AvgIpc) is 1.25. The van der Waals surface area contributed by atoms with Crippen LogP contribution in [-0.2, 0) is 65.4 Å². The Bertz CT molecular complexity index is 1840. The zero-order valence-electron chi connectivity index (χ0n) is 62.5. The van der Waals surface area contributed by atoms with E-state index in [0.717, 1.165) is 95.8 Å². The molecule has 0 amide bonds. The zero-order chi connectivity index (χ0) is 70.5. The molecule has 0 bridgehead atoms. The van der Waals surface area contributed by atoms with E-state index >= 15 is 0 Å². The summed E-state index contributed by atoms with van der Waals surface area (Å²) in [6, 6.07) is 0. The van der Waals surface area contributed by atoms with Crippen LogP contribution in [0.15, 0.2) is 0 Å². The number of esters is 4. The summed E-state index contributed by atoms with van der Waals surface area (Å²) < 4.78 is 68.5. The van der Waals surface area contributed by atoms with Crippen molar-refractivity contribution in [2.24, 2.45) is 5.92 Å². The van der Waals surface area contributed by atoms with E-state index in [1.165, 1.54) is 231 Å². The number of ether oxygens (including phenoxy) is 4. The van der Waals surface area contributed by atoms with Gasteiger partial charge >= 0.3 is 39.5 Å². The molecule has 0 aromatic heterocycles. The van der Waals surface area contributed by atoms with Crippen molar-refractivity contribution >= 4 is 39.5 Å². The zero-order valence-corrected chi connectivity index (χ0v) is 64.3. The van der Waals surface area contributed by atoms with Crippen LogP contribution < -0.4 is 0 Å². The first-order valence-electron chi connectivity index (χ1n) is 40.1. The minimum atomic E-state index is -4.96. The van der Waals surface area contributed by atoms with Gasteiger partial charge in [0.2, 0.25) is 0 Å². The molecule has 96 heavy (non-hydrogen) atoms. The van der Waals surface area contributed by atoms with Gasteiger partial charge in [0.25, 0.3) is 0 Å². The van der Waals surface area contributed by atoms with E-state index < -0.39 is 97.5 Å². The SMILES string of the molecule is CCCCCCCCCCCCCCCCCCCCCCCC(=O)O[C@H](COC(=O)CCCCCCCCCCCCCCCC)COP(=O)(O)OC[C@@H](O)COP(=O)(O)OC[C@@H](COC(=O)CCCCCCCCCCC)OC(=O)CCCCCCCCCCCC(C)C. The molecule has 0 aliphatic rings. The van der Waals surface area contributed by atoms with Crippen LogP contribution in [-0.4, -0.2) is 96.7 Å². The van der Waals surface area contributed by atoms with Crippen LogP contribution in [0.3, 0.4) is 0 Å². The highest BCUT2D eigenvalue weighted by Gasteiger charge is 2.30. The van der Waals surface area contributed by atoms with E-state index in [9.17, 15) is 43.2 Å². The van der Waals surface area contributed by atoms with Gasteiger partial charge in [-0.1, -0.05) is 356 Å². The molecule has 0 saturated carbocycles. The van der Waals surface area contributed by atoms with Crippen LogP contribution >= 0.6 is 15.6 Å². The molecule has 0 aliphatic carbocycles. The van der Waals surface area contributed by atoms with Crippen molar-refractivity contribution in [1.29, 1.82) is 0 Å². The largest absolute Gasteiger partial charge is 0.472 e. The van der Waals surface area contributed by atoms with Gasteiger partial charge in [0.15, 0.2) is 12.2 Å². The van der Waals surface area contributed by atoms with E-state index in [1.54, 1.807) is 0 Å². The molecule has 17 nitrogen and oxygen atoms in total. The molecular formula is C77H150O17P2. The summed E-state index contributed by atoms with van der Waals surface area (Å²) in [5, 5.41) is 10.6. The van der Waals surface area contributed by atoms with Gasteiger partial charge in [-0.3, -0.25) is 37.3 Å². The van der Waals surface area contributed by atoms with E-state index in [-0.39, 0.29) is 25.7 Å². The summed E-state index contributed by atoms with van der Waals surface area (Å²) in [5.74, 6) is -1.38. The number of unbranched alkanes of at least 4 members (excludes halogenated alkanes) is 49. The third-order valence-electron chi connectivity index (χ3n) is 18.0. The van der Waals surface area contributed by atoms with Crippen molar-refractivity contribution in [2.45, 2.75) is 425 Å². The van der Waals surface area contributed by atoms with Crippen molar-refractivity contribution in [3.63, 3.8) is 0 Å². The van der Waals surface area contributed by atoms with E-state index in [2.05, 4.69) is 34.6 Å². The molecule has 0 saturated heterocycles. The van der Waals surface area contributed by atoms with Crippen molar-refractivity contribution in [3.05, 3.63) is 0 Å². The third-order valence-corrected chi connectivity index (χ3v) is 19.9. The smallest absolute Gasteiger partial charge is 0.462 e. The Morgan fingerprint density at radius 1 is 0.281 bits per heavy atom. The fourth-order valence-electron chi connectivity index (χ4n) is 11.9. The molecule has 5 atom stereocenters. The maximum absolute atomic E-state index is 13.1. The fraction of sp³-hybridized carbons (Fsp3) is 0.948. The normalized spacial score (nSPS) is 13.9. The maximum atomic E-state index is 13.1. The summed E-state index contributed by atoms with van der Waals surface area (Å²) in [7, 11) is -9.91. The van der Waals surface area contributed by atoms with E-state index in [1.807, 2.05) is 0 Å². The Morgan fingerprint density at radius 3 is 0.708 bits per heavy atom. The van der Waals surface area contributed by atoms with Crippen molar-refractivity contribution in [2.75, 3.05) is 39.6 Å². The first-order valence-corrected chi connectivity index (χ1v) is 43.1. The second-order valence-electron chi connectivity index (χ2n) is 28.2. The molecule has 0 aliphatic heterocycles. The molecule has 2 unspecified atom stereocenters. The molecule has 0 aromatic carbocycles. The van der Waals surface area contributed by atoms with E-state index in [0.29, 0.717) is 25.7 Å². The number of aliphatic hydroxyl groups is 1. The summed E-state index contributed by atoms with van der Waals surface area (Å²) in [4.78, 5) is 72.8. The van der Waals surface area contributed by atoms with Gasteiger partial charge in [-0.2, -0.15) is 0 Å². The standard InChI is InChI=1S/C77H150O17P2/c1-6-9-12-15-18-21-23-25-27-28-29-30-31-32-33-35-37-42-47-52-57-62-76(81)93-73(67-88-75(80)61-56-51-46-41-36-34-26-24-22-19-16-13-10-7-2)69-92-96(85,86)90-65-71(78)64-89-95(83,84)91-68-72(66-87-74(79)60-55-50-45-39-20-17-14-11-8-3)94-77(82)63-58-53-48-43-38-40-44-49-54-59-70(4)5/h70-73,78H,6-69H2,1-5H3,(H,83,84)(H,85,86)/t71-,72+,73+/m0/s1. The second kappa shape index (κ2) is 70.1. The van der Waals surface area contributed by atoms with Gasteiger partial charge in [-0.25, -0.2) is 9.13 Å². The molecule has 0 spiro atoms. The first kappa shape index (κ1) is 94.1. The Labute approximate surface area is 588 Å². The lowest BCUT2D eigenvalue weighted by atomic mass is 10.0. The lowest BCUT2D eigenvalue weighted by Crippen LogP contribution is -2.30. The number of hydrogen-bond donors (Lipinski definition) is 3.